The van der Waals surface area contributed by atoms with Crippen molar-refractivity contribution in [1.29, 1.82) is 0 Å². The first kappa shape index (κ1) is 16.7. The van der Waals surface area contributed by atoms with E-state index >= 15 is 0 Å². The number of likely N-dealkylation sites (tertiary alicyclic amines) is 1. The number of nitrogens with one attached hydrogen (secondary N) is 1. The predicted octanol–water partition coefficient (Wildman–Crippen LogP) is 3.64. The van der Waals surface area contributed by atoms with E-state index in [9.17, 15) is 9.18 Å². The first-order chi connectivity index (χ1) is 12.7. The molecule has 6 heteroatoms. The topological polar surface area (TPSA) is 50.8 Å². The molecule has 0 aliphatic carbocycles. The number of hydrogen-bond donors (Lipinski definition) is 1. The summed E-state index contributed by atoms with van der Waals surface area (Å²) in [6.07, 6.45) is 1.86. The maximum atomic E-state index is 13.3. The summed E-state index contributed by atoms with van der Waals surface area (Å²) in [5.74, 6) is 1.19. The molecule has 2 aliphatic rings. The molecule has 1 N–H and O–H groups in total. The van der Waals surface area contributed by atoms with Gasteiger partial charge in [-0.05, 0) is 48.2 Å². The standard InChI is InChI=1S/C20H21FN2O3/c21-16-4-1-3-14(11-16)13-22-20(24)23-8-2-5-17(23)15-6-7-18-19(12-15)26-10-9-25-18/h1,3-4,6-7,11-12,17H,2,5,8-10,13H2,(H,22,24). The van der Waals surface area contributed by atoms with E-state index in [0.717, 1.165) is 35.5 Å². The number of urea groups is 1. The zero-order chi connectivity index (χ0) is 17.9. The molecule has 1 saturated heterocycles. The van der Waals surface area contributed by atoms with Crippen LogP contribution in [0.3, 0.4) is 0 Å². The van der Waals surface area contributed by atoms with Gasteiger partial charge in [-0.2, -0.15) is 0 Å². The van der Waals surface area contributed by atoms with Gasteiger partial charge in [0.05, 0.1) is 6.04 Å². The van der Waals surface area contributed by atoms with Crippen LogP contribution < -0.4 is 14.8 Å². The molecule has 4 rings (SSSR count). The zero-order valence-electron chi connectivity index (χ0n) is 14.4. The van der Waals surface area contributed by atoms with Crippen molar-refractivity contribution in [3.8, 4) is 11.5 Å². The van der Waals surface area contributed by atoms with Crippen LogP contribution in [0.15, 0.2) is 42.5 Å². The second-order valence-corrected chi connectivity index (χ2v) is 6.54. The molecule has 1 unspecified atom stereocenters. The smallest absolute Gasteiger partial charge is 0.318 e. The number of ether oxygens (including phenoxy) is 2. The number of nitrogens with zero attached hydrogens (tertiary/aromatic N) is 1. The zero-order valence-corrected chi connectivity index (χ0v) is 14.4. The second kappa shape index (κ2) is 7.23. The average Bonchev–Trinajstić information content (AvgIpc) is 3.16. The molecular formula is C20H21FN2O3. The Bertz CT molecular complexity index is 811. The van der Waals surface area contributed by atoms with E-state index in [1.807, 2.05) is 23.1 Å². The second-order valence-electron chi connectivity index (χ2n) is 6.54. The quantitative estimate of drug-likeness (QED) is 0.913. The Hall–Kier alpha value is -2.76. The highest BCUT2D eigenvalue weighted by atomic mass is 19.1. The Morgan fingerprint density at radius 1 is 1.15 bits per heavy atom. The molecule has 2 aliphatic heterocycles. The van der Waals surface area contributed by atoms with E-state index in [1.54, 1.807) is 12.1 Å². The minimum absolute atomic E-state index is 0.0123. The van der Waals surface area contributed by atoms with Crippen LogP contribution in [0.2, 0.25) is 0 Å². The maximum Gasteiger partial charge on any atom is 0.318 e. The summed E-state index contributed by atoms with van der Waals surface area (Å²) in [7, 11) is 0. The van der Waals surface area contributed by atoms with Crippen LogP contribution in [0.5, 0.6) is 11.5 Å². The third kappa shape index (κ3) is 3.45. The summed E-state index contributed by atoms with van der Waals surface area (Å²) in [6.45, 7) is 2.11. The molecule has 2 aromatic carbocycles. The van der Waals surface area contributed by atoms with Gasteiger partial charge in [-0.25, -0.2) is 9.18 Å². The molecule has 2 heterocycles. The van der Waals surface area contributed by atoms with Gasteiger partial charge < -0.3 is 19.7 Å². The molecule has 1 atom stereocenters. The summed E-state index contributed by atoms with van der Waals surface area (Å²) in [5, 5.41) is 2.89. The monoisotopic (exact) mass is 356 g/mol. The number of fused-ring (bicyclic) bond motifs is 1. The normalized spacial score (nSPS) is 18.7. The van der Waals surface area contributed by atoms with Gasteiger partial charge in [0, 0.05) is 13.1 Å². The summed E-state index contributed by atoms with van der Waals surface area (Å²) < 4.78 is 24.5. The minimum Gasteiger partial charge on any atom is -0.486 e. The molecule has 136 valence electrons. The highest BCUT2D eigenvalue weighted by Crippen LogP contribution is 2.38. The molecule has 0 bridgehead atoms. The fourth-order valence-corrected chi connectivity index (χ4v) is 3.55. The van der Waals surface area contributed by atoms with Crippen molar-refractivity contribution < 1.29 is 18.7 Å². The highest BCUT2D eigenvalue weighted by molar-refractivity contribution is 5.75. The van der Waals surface area contributed by atoms with Crippen LogP contribution in [0, 0.1) is 5.82 Å². The fraction of sp³-hybridized carbons (Fsp3) is 0.350. The van der Waals surface area contributed by atoms with Crippen LogP contribution >= 0.6 is 0 Å². The molecule has 0 spiro atoms. The Labute approximate surface area is 151 Å². The third-order valence-corrected chi connectivity index (χ3v) is 4.80. The lowest BCUT2D eigenvalue weighted by molar-refractivity contribution is 0.170. The van der Waals surface area contributed by atoms with Crippen LogP contribution in [0.1, 0.15) is 30.0 Å². The van der Waals surface area contributed by atoms with Gasteiger partial charge in [-0.15, -0.1) is 0 Å². The molecule has 0 radical (unpaired) electrons. The summed E-state index contributed by atoms with van der Waals surface area (Å²) in [6, 6.07) is 12.0. The van der Waals surface area contributed by atoms with Crippen molar-refractivity contribution in [2.45, 2.75) is 25.4 Å². The van der Waals surface area contributed by atoms with Crippen molar-refractivity contribution in [2.75, 3.05) is 19.8 Å². The van der Waals surface area contributed by atoms with Crippen LogP contribution in [-0.4, -0.2) is 30.7 Å². The molecule has 26 heavy (non-hydrogen) atoms. The van der Waals surface area contributed by atoms with Crippen molar-refractivity contribution in [1.82, 2.24) is 10.2 Å². The molecular weight excluding hydrogens is 335 g/mol. The maximum absolute atomic E-state index is 13.3. The van der Waals surface area contributed by atoms with Gasteiger partial charge in [0.25, 0.3) is 0 Å². The molecule has 5 nitrogen and oxygen atoms in total. The van der Waals surface area contributed by atoms with Gasteiger partial charge in [0.2, 0.25) is 0 Å². The Kier molecular flexibility index (Phi) is 4.65. The van der Waals surface area contributed by atoms with Crippen LogP contribution in [0.4, 0.5) is 9.18 Å². The number of rotatable bonds is 3. The van der Waals surface area contributed by atoms with E-state index in [0.29, 0.717) is 26.3 Å². The molecule has 2 aromatic rings. The first-order valence-corrected chi connectivity index (χ1v) is 8.89. The Morgan fingerprint density at radius 3 is 2.85 bits per heavy atom. The predicted molar refractivity (Wildman–Crippen MR) is 94.7 cm³/mol. The molecule has 0 aromatic heterocycles. The number of hydrogen-bond acceptors (Lipinski definition) is 3. The number of benzene rings is 2. The molecule has 2 amide bonds. The number of halogens is 1. The van der Waals surface area contributed by atoms with Crippen molar-refractivity contribution in [3.63, 3.8) is 0 Å². The lowest BCUT2D eigenvalue weighted by atomic mass is 10.0. The molecule has 1 fully saturated rings. The molecule has 0 saturated carbocycles. The van der Waals surface area contributed by atoms with Gasteiger partial charge >= 0.3 is 6.03 Å². The van der Waals surface area contributed by atoms with Gasteiger partial charge in [0.1, 0.15) is 19.0 Å². The Balaban J connectivity index is 1.45. The van der Waals surface area contributed by atoms with Gasteiger partial charge in [-0.1, -0.05) is 18.2 Å². The number of amides is 2. The van der Waals surface area contributed by atoms with Crippen molar-refractivity contribution in [2.24, 2.45) is 0 Å². The minimum atomic E-state index is -0.299. The highest BCUT2D eigenvalue weighted by Gasteiger charge is 2.30. The largest absolute Gasteiger partial charge is 0.486 e. The van der Waals surface area contributed by atoms with E-state index in [4.69, 9.17) is 9.47 Å². The first-order valence-electron chi connectivity index (χ1n) is 8.89. The van der Waals surface area contributed by atoms with E-state index in [2.05, 4.69) is 5.32 Å². The summed E-state index contributed by atoms with van der Waals surface area (Å²) >= 11 is 0. The summed E-state index contributed by atoms with van der Waals surface area (Å²) in [4.78, 5) is 14.5. The number of carbonyl (C=O) groups is 1. The van der Waals surface area contributed by atoms with E-state index in [1.165, 1.54) is 12.1 Å². The average molecular weight is 356 g/mol. The fourth-order valence-electron chi connectivity index (χ4n) is 3.55. The lowest BCUT2D eigenvalue weighted by Crippen LogP contribution is -2.39. The van der Waals surface area contributed by atoms with E-state index in [-0.39, 0.29) is 17.9 Å². The lowest BCUT2D eigenvalue weighted by Gasteiger charge is -2.27. The SMILES string of the molecule is O=C(NCc1cccc(F)c1)N1CCCC1c1ccc2c(c1)OCCO2. The Morgan fingerprint density at radius 2 is 2.00 bits per heavy atom. The third-order valence-electron chi connectivity index (χ3n) is 4.80. The van der Waals surface area contributed by atoms with E-state index < -0.39 is 0 Å². The van der Waals surface area contributed by atoms with Crippen molar-refractivity contribution in [3.05, 3.63) is 59.4 Å². The van der Waals surface area contributed by atoms with Crippen LogP contribution in [0.25, 0.3) is 0 Å². The van der Waals surface area contributed by atoms with Gasteiger partial charge in [-0.3, -0.25) is 0 Å². The van der Waals surface area contributed by atoms with Crippen molar-refractivity contribution >= 4 is 6.03 Å². The van der Waals surface area contributed by atoms with Crippen LogP contribution in [-0.2, 0) is 6.54 Å². The van der Waals surface area contributed by atoms with Gasteiger partial charge in [0.15, 0.2) is 11.5 Å². The summed E-state index contributed by atoms with van der Waals surface area (Å²) in [5.41, 5.74) is 1.79. The number of carbonyl (C=O) groups excluding carboxylic acids is 1.